The molecule has 1 rings (SSSR count). The van der Waals surface area contributed by atoms with E-state index in [-0.39, 0.29) is 0 Å². The number of likely N-dealkylation sites (N-methyl/N-ethyl adjacent to an activating group) is 1. The molecule has 0 aliphatic carbocycles. The fourth-order valence-electron chi connectivity index (χ4n) is 1.77. The number of hydrogen-bond acceptors (Lipinski definition) is 3. The molecule has 0 aliphatic rings. The molecule has 1 heterocycles. The van der Waals surface area contributed by atoms with E-state index in [4.69, 9.17) is 0 Å². The molecule has 0 amide bonds. The van der Waals surface area contributed by atoms with Crippen LogP contribution in [0.25, 0.3) is 0 Å². The number of imidazole rings is 1. The third-order valence-corrected chi connectivity index (χ3v) is 2.48. The Labute approximate surface area is 98.7 Å². The number of nitrogens with one attached hydrogen (secondary N) is 1. The zero-order valence-corrected chi connectivity index (χ0v) is 10.9. The van der Waals surface area contributed by atoms with Crippen LogP contribution in [0.1, 0.15) is 26.7 Å². The molecule has 16 heavy (non-hydrogen) atoms. The number of aromatic nitrogens is 2. The molecule has 0 fully saturated rings. The molecule has 0 spiro atoms. The Morgan fingerprint density at radius 2 is 2.25 bits per heavy atom. The minimum absolute atomic E-state index is 0.415. The Hall–Kier alpha value is -1.03. The fraction of sp³-hybridized carbons (Fsp3) is 0.750. The van der Waals surface area contributed by atoms with Gasteiger partial charge in [-0.15, -0.1) is 0 Å². The number of unbranched alkanes of at least 4 members (excludes halogenated alkanes) is 1. The normalized spacial score (nSPS) is 13.1. The van der Waals surface area contributed by atoms with Crippen LogP contribution in [0.5, 0.6) is 0 Å². The Balaban J connectivity index is 2.49. The number of rotatable bonds is 7. The minimum Gasteiger partial charge on any atom is -0.352 e. The summed E-state index contributed by atoms with van der Waals surface area (Å²) < 4.78 is 2.19. The second-order valence-corrected chi connectivity index (χ2v) is 4.61. The van der Waals surface area contributed by atoms with E-state index in [1.165, 1.54) is 12.8 Å². The van der Waals surface area contributed by atoms with Gasteiger partial charge in [-0.05, 0) is 27.4 Å². The number of hydrogen-bond donors (Lipinski definition) is 1. The monoisotopic (exact) mass is 224 g/mol. The van der Waals surface area contributed by atoms with E-state index in [0.29, 0.717) is 6.04 Å². The van der Waals surface area contributed by atoms with Crippen molar-refractivity contribution in [3.8, 4) is 0 Å². The van der Waals surface area contributed by atoms with Crippen molar-refractivity contribution in [2.24, 2.45) is 0 Å². The van der Waals surface area contributed by atoms with Gasteiger partial charge in [-0.3, -0.25) is 0 Å². The molecule has 0 bridgehead atoms. The highest BCUT2D eigenvalue weighted by molar-refractivity contribution is 5.27. The van der Waals surface area contributed by atoms with Gasteiger partial charge in [-0.25, -0.2) is 4.98 Å². The summed E-state index contributed by atoms with van der Waals surface area (Å²) in [5.74, 6) is 0.989. The SMILES string of the molecule is CCCCn1ccnc1NC(C)CN(C)C. The fourth-order valence-corrected chi connectivity index (χ4v) is 1.77. The van der Waals surface area contributed by atoms with E-state index in [1.807, 2.05) is 12.4 Å². The third kappa shape index (κ3) is 4.23. The Bertz CT molecular complexity index is 293. The summed E-state index contributed by atoms with van der Waals surface area (Å²) in [5, 5.41) is 3.44. The van der Waals surface area contributed by atoms with Crippen LogP contribution in [-0.4, -0.2) is 41.1 Å². The molecule has 4 heteroatoms. The van der Waals surface area contributed by atoms with Crippen LogP contribution in [0.15, 0.2) is 12.4 Å². The first-order valence-corrected chi connectivity index (χ1v) is 6.06. The third-order valence-electron chi connectivity index (χ3n) is 2.48. The number of anilines is 1. The molecule has 1 N–H and O–H groups in total. The van der Waals surface area contributed by atoms with Gasteiger partial charge in [0.2, 0.25) is 5.95 Å². The largest absolute Gasteiger partial charge is 0.352 e. The van der Waals surface area contributed by atoms with Crippen molar-refractivity contribution >= 4 is 5.95 Å². The zero-order chi connectivity index (χ0) is 12.0. The average molecular weight is 224 g/mol. The van der Waals surface area contributed by atoms with E-state index in [9.17, 15) is 0 Å². The highest BCUT2D eigenvalue weighted by Crippen LogP contribution is 2.08. The first-order valence-electron chi connectivity index (χ1n) is 6.06. The summed E-state index contributed by atoms with van der Waals surface area (Å²) in [4.78, 5) is 6.53. The lowest BCUT2D eigenvalue weighted by Gasteiger charge is -2.19. The molecule has 1 aromatic heterocycles. The molecule has 0 saturated heterocycles. The van der Waals surface area contributed by atoms with Crippen LogP contribution in [0, 0.1) is 0 Å². The van der Waals surface area contributed by atoms with Crippen LogP contribution >= 0.6 is 0 Å². The van der Waals surface area contributed by atoms with Gasteiger partial charge in [0.1, 0.15) is 0 Å². The molecule has 0 radical (unpaired) electrons. The molecule has 0 saturated carbocycles. The van der Waals surface area contributed by atoms with Crippen molar-refractivity contribution in [2.45, 2.75) is 39.3 Å². The summed E-state index contributed by atoms with van der Waals surface area (Å²) in [5.41, 5.74) is 0. The Morgan fingerprint density at radius 3 is 2.88 bits per heavy atom. The van der Waals surface area contributed by atoms with Crippen molar-refractivity contribution in [2.75, 3.05) is 26.0 Å². The van der Waals surface area contributed by atoms with Crippen LogP contribution in [0.2, 0.25) is 0 Å². The molecular weight excluding hydrogens is 200 g/mol. The molecule has 1 aromatic rings. The van der Waals surface area contributed by atoms with Gasteiger partial charge in [0.15, 0.2) is 0 Å². The van der Waals surface area contributed by atoms with E-state index in [0.717, 1.165) is 19.0 Å². The smallest absolute Gasteiger partial charge is 0.203 e. The second kappa shape index (κ2) is 6.53. The van der Waals surface area contributed by atoms with Crippen molar-refractivity contribution in [3.63, 3.8) is 0 Å². The van der Waals surface area contributed by atoms with E-state index >= 15 is 0 Å². The van der Waals surface area contributed by atoms with Crippen LogP contribution in [0.3, 0.4) is 0 Å². The second-order valence-electron chi connectivity index (χ2n) is 4.61. The van der Waals surface area contributed by atoms with Crippen molar-refractivity contribution in [3.05, 3.63) is 12.4 Å². The first-order chi connectivity index (χ1) is 7.63. The summed E-state index contributed by atoms with van der Waals surface area (Å²) in [6.45, 7) is 6.45. The van der Waals surface area contributed by atoms with Crippen LogP contribution < -0.4 is 5.32 Å². The maximum absolute atomic E-state index is 4.35. The Kier molecular flexibility index (Phi) is 5.32. The van der Waals surface area contributed by atoms with Gasteiger partial charge in [-0.1, -0.05) is 13.3 Å². The standard InChI is InChI=1S/C12H24N4/c1-5-6-8-16-9-7-13-12(16)14-11(2)10-15(3)4/h7,9,11H,5-6,8,10H2,1-4H3,(H,13,14). The molecule has 0 aromatic carbocycles. The molecule has 4 nitrogen and oxygen atoms in total. The van der Waals surface area contributed by atoms with Crippen LogP contribution in [-0.2, 0) is 6.54 Å². The Morgan fingerprint density at radius 1 is 1.50 bits per heavy atom. The predicted octanol–water partition coefficient (Wildman–Crippen LogP) is 2.05. The van der Waals surface area contributed by atoms with Crippen molar-refractivity contribution in [1.29, 1.82) is 0 Å². The van der Waals surface area contributed by atoms with Gasteiger partial charge in [0.25, 0.3) is 0 Å². The van der Waals surface area contributed by atoms with E-state index in [2.05, 4.69) is 47.7 Å². The minimum atomic E-state index is 0.415. The van der Waals surface area contributed by atoms with Crippen molar-refractivity contribution in [1.82, 2.24) is 14.5 Å². The molecule has 92 valence electrons. The molecule has 1 unspecified atom stereocenters. The lowest BCUT2D eigenvalue weighted by molar-refractivity contribution is 0.391. The van der Waals surface area contributed by atoms with Gasteiger partial charge < -0.3 is 14.8 Å². The molecular formula is C12H24N4. The zero-order valence-electron chi connectivity index (χ0n) is 10.9. The number of aryl methyl sites for hydroxylation is 1. The van der Waals surface area contributed by atoms with Gasteiger partial charge >= 0.3 is 0 Å². The van der Waals surface area contributed by atoms with Gasteiger partial charge in [-0.2, -0.15) is 0 Å². The van der Waals surface area contributed by atoms with Crippen LogP contribution in [0.4, 0.5) is 5.95 Å². The lowest BCUT2D eigenvalue weighted by atomic mass is 10.3. The quantitative estimate of drug-likeness (QED) is 0.769. The maximum Gasteiger partial charge on any atom is 0.203 e. The summed E-state index contributed by atoms with van der Waals surface area (Å²) in [7, 11) is 4.17. The predicted molar refractivity (Wildman–Crippen MR) is 68.8 cm³/mol. The highest BCUT2D eigenvalue weighted by atomic mass is 15.2. The summed E-state index contributed by atoms with van der Waals surface area (Å²) in [6.07, 6.45) is 6.32. The van der Waals surface area contributed by atoms with Gasteiger partial charge in [0.05, 0.1) is 0 Å². The molecule has 1 atom stereocenters. The van der Waals surface area contributed by atoms with Crippen molar-refractivity contribution < 1.29 is 0 Å². The lowest BCUT2D eigenvalue weighted by Crippen LogP contribution is -2.30. The summed E-state index contributed by atoms with van der Waals surface area (Å²) in [6, 6.07) is 0.415. The number of nitrogens with zero attached hydrogens (tertiary/aromatic N) is 3. The highest BCUT2D eigenvalue weighted by Gasteiger charge is 2.07. The maximum atomic E-state index is 4.35. The topological polar surface area (TPSA) is 33.1 Å². The first kappa shape index (κ1) is 13.0. The van der Waals surface area contributed by atoms with Gasteiger partial charge in [0, 0.05) is 31.5 Å². The van der Waals surface area contributed by atoms with E-state index < -0.39 is 0 Å². The average Bonchev–Trinajstić information content (AvgIpc) is 2.61. The summed E-state index contributed by atoms with van der Waals surface area (Å²) >= 11 is 0. The molecule has 0 aliphatic heterocycles. The van der Waals surface area contributed by atoms with E-state index in [1.54, 1.807) is 0 Å².